The first-order chi connectivity index (χ1) is 12.9. The van der Waals surface area contributed by atoms with Gasteiger partial charge in [-0.1, -0.05) is 15.9 Å². The molecule has 1 aromatic carbocycles. The highest BCUT2D eigenvalue weighted by molar-refractivity contribution is 9.10. The summed E-state index contributed by atoms with van der Waals surface area (Å²) in [5.41, 5.74) is -1.37. The van der Waals surface area contributed by atoms with E-state index in [0.29, 0.717) is 5.69 Å². The van der Waals surface area contributed by atoms with Crippen molar-refractivity contribution in [1.82, 2.24) is 20.4 Å². The zero-order chi connectivity index (χ0) is 20.9. The fraction of sp³-hybridized carbons (Fsp3) is 0.444. The number of imide groups is 2. The number of carbonyl (C=O) groups is 4. The van der Waals surface area contributed by atoms with Crippen molar-refractivity contribution in [2.75, 3.05) is 18.2 Å². The highest BCUT2D eigenvalue weighted by atomic mass is 79.9. The molecule has 2 saturated heterocycles. The third kappa shape index (κ3) is 3.56. The summed E-state index contributed by atoms with van der Waals surface area (Å²) < 4.78 is 0.850. The van der Waals surface area contributed by atoms with Crippen LogP contribution in [0.1, 0.15) is 27.7 Å². The molecule has 150 valence electrons. The van der Waals surface area contributed by atoms with Crippen LogP contribution >= 0.6 is 15.9 Å². The smallest absolute Gasteiger partial charge is 0.326 e. The van der Waals surface area contributed by atoms with Crippen LogP contribution in [0.4, 0.5) is 15.3 Å². The van der Waals surface area contributed by atoms with Crippen molar-refractivity contribution in [3.63, 3.8) is 0 Å². The maximum atomic E-state index is 12.6. The Kier molecular flexibility index (Phi) is 4.86. The summed E-state index contributed by atoms with van der Waals surface area (Å²) in [5.74, 6) is -0.755. The molecule has 2 heterocycles. The SMILES string of the molecule is CC1(C)NC(=O)N(CN(CN2C(=O)NC(C)(C)C2=O)c2ccc(Br)cc2)C1=O. The fourth-order valence-corrected chi connectivity index (χ4v) is 3.36. The summed E-state index contributed by atoms with van der Waals surface area (Å²) in [6.07, 6.45) is 0. The van der Waals surface area contributed by atoms with E-state index < -0.39 is 23.1 Å². The van der Waals surface area contributed by atoms with Crippen molar-refractivity contribution >= 4 is 45.5 Å². The number of rotatable bonds is 5. The highest BCUT2D eigenvalue weighted by Gasteiger charge is 2.47. The lowest BCUT2D eigenvalue weighted by Crippen LogP contribution is -2.49. The molecule has 2 N–H and O–H groups in total. The Bertz CT molecular complexity index is 804. The molecule has 1 aromatic rings. The monoisotopic (exact) mass is 451 g/mol. The van der Waals surface area contributed by atoms with Gasteiger partial charge in [0, 0.05) is 10.2 Å². The number of nitrogens with zero attached hydrogens (tertiary/aromatic N) is 3. The number of hydrogen-bond donors (Lipinski definition) is 2. The number of nitrogens with one attached hydrogen (secondary N) is 2. The molecule has 0 spiro atoms. The maximum absolute atomic E-state index is 12.6. The zero-order valence-corrected chi connectivity index (χ0v) is 17.7. The first-order valence-corrected chi connectivity index (χ1v) is 9.50. The Morgan fingerprint density at radius 1 is 0.821 bits per heavy atom. The summed E-state index contributed by atoms with van der Waals surface area (Å²) >= 11 is 3.36. The van der Waals surface area contributed by atoms with Gasteiger partial charge in [0.15, 0.2) is 0 Å². The van der Waals surface area contributed by atoms with Crippen LogP contribution in [-0.4, -0.2) is 58.1 Å². The number of benzene rings is 1. The van der Waals surface area contributed by atoms with Crippen LogP contribution < -0.4 is 15.5 Å². The van der Waals surface area contributed by atoms with Gasteiger partial charge in [0.25, 0.3) is 11.8 Å². The number of amides is 6. The second-order valence-corrected chi connectivity index (χ2v) is 8.79. The zero-order valence-electron chi connectivity index (χ0n) is 16.1. The predicted octanol–water partition coefficient (Wildman–Crippen LogP) is 1.83. The third-order valence-electron chi connectivity index (χ3n) is 4.70. The average molecular weight is 452 g/mol. The van der Waals surface area contributed by atoms with E-state index in [1.54, 1.807) is 56.9 Å². The molecule has 0 aromatic heterocycles. The molecule has 2 aliphatic heterocycles. The molecule has 2 fully saturated rings. The lowest BCUT2D eigenvalue weighted by atomic mass is 10.1. The second-order valence-electron chi connectivity index (χ2n) is 7.88. The van der Waals surface area contributed by atoms with E-state index in [9.17, 15) is 19.2 Å². The Morgan fingerprint density at radius 3 is 1.54 bits per heavy atom. The maximum Gasteiger partial charge on any atom is 0.326 e. The molecule has 0 aliphatic carbocycles. The minimum atomic E-state index is -1.01. The van der Waals surface area contributed by atoms with E-state index in [2.05, 4.69) is 26.6 Å². The van der Waals surface area contributed by atoms with Crippen molar-refractivity contribution in [3.8, 4) is 0 Å². The van der Waals surface area contributed by atoms with Gasteiger partial charge in [0.2, 0.25) is 0 Å². The van der Waals surface area contributed by atoms with Crippen molar-refractivity contribution in [2.45, 2.75) is 38.8 Å². The van der Waals surface area contributed by atoms with Gasteiger partial charge in [0.05, 0.1) is 0 Å². The minimum Gasteiger partial charge on any atom is -0.335 e. The van der Waals surface area contributed by atoms with Gasteiger partial charge >= 0.3 is 12.1 Å². The second kappa shape index (κ2) is 6.77. The number of carbonyl (C=O) groups excluding carboxylic acids is 4. The lowest BCUT2D eigenvalue weighted by molar-refractivity contribution is -0.130. The first-order valence-electron chi connectivity index (χ1n) is 8.71. The Labute approximate surface area is 171 Å². The van der Waals surface area contributed by atoms with E-state index in [0.717, 1.165) is 14.3 Å². The fourth-order valence-electron chi connectivity index (χ4n) is 3.09. The average Bonchev–Trinajstić information content (AvgIpc) is 2.91. The summed E-state index contributed by atoms with van der Waals surface area (Å²) in [7, 11) is 0. The van der Waals surface area contributed by atoms with Crippen molar-refractivity contribution in [3.05, 3.63) is 28.7 Å². The van der Waals surface area contributed by atoms with Crippen molar-refractivity contribution in [2.24, 2.45) is 0 Å². The molecule has 9 nitrogen and oxygen atoms in total. The number of hydrogen-bond acceptors (Lipinski definition) is 5. The van der Waals surface area contributed by atoms with Gasteiger partial charge in [-0.2, -0.15) is 0 Å². The minimum absolute atomic E-state index is 0.104. The van der Waals surface area contributed by atoms with Crippen molar-refractivity contribution in [1.29, 1.82) is 0 Å². The molecule has 6 amide bonds. The molecule has 10 heteroatoms. The standard InChI is InChI=1S/C18H22BrN5O4/c1-17(2)13(25)23(15(27)20-17)9-22(12-7-5-11(19)6-8-12)10-24-14(26)18(3,4)21-16(24)28/h5-8H,9-10H2,1-4H3,(H,20,27)(H,21,28). The molecule has 28 heavy (non-hydrogen) atoms. The topological polar surface area (TPSA) is 102 Å². The normalized spacial score (nSPS) is 20.5. The van der Waals surface area contributed by atoms with E-state index >= 15 is 0 Å². The van der Waals surface area contributed by atoms with Gasteiger partial charge in [-0.3, -0.25) is 9.59 Å². The molecule has 2 aliphatic rings. The van der Waals surface area contributed by atoms with E-state index in [1.807, 2.05) is 0 Å². The van der Waals surface area contributed by atoms with Crippen molar-refractivity contribution < 1.29 is 19.2 Å². The van der Waals surface area contributed by atoms with Gasteiger partial charge in [-0.15, -0.1) is 0 Å². The molecule has 0 unspecified atom stereocenters. The van der Waals surface area contributed by atoms with Crippen LogP contribution in [-0.2, 0) is 9.59 Å². The van der Waals surface area contributed by atoms with Crippen LogP contribution in [0.5, 0.6) is 0 Å². The predicted molar refractivity (Wildman–Crippen MR) is 105 cm³/mol. The largest absolute Gasteiger partial charge is 0.335 e. The molecular formula is C18H22BrN5O4. The molecule has 0 saturated carbocycles. The summed E-state index contributed by atoms with van der Waals surface area (Å²) in [5, 5.41) is 5.25. The van der Waals surface area contributed by atoms with Crippen LogP contribution in [0.15, 0.2) is 28.7 Å². The van der Waals surface area contributed by atoms with E-state index in [1.165, 1.54) is 0 Å². The van der Waals surface area contributed by atoms with Crippen LogP contribution in [0.3, 0.4) is 0 Å². The molecule has 0 atom stereocenters. The Morgan fingerprint density at radius 2 is 1.21 bits per heavy atom. The Balaban J connectivity index is 1.89. The first kappa shape index (κ1) is 20.1. The van der Waals surface area contributed by atoms with Crippen LogP contribution in [0.2, 0.25) is 0 Å². The summed E-state index contributed by atoms with van der Waals surface area (Å²) in [6, 6.07) is 6.11. The highest BCUT2D eigenvalue weighted by Crippen LogP contribution is 2.24. The van der Waals surface area contributed by atoms with Gasteiger partial charge < -0.3 is 15.5 Å². The van der Waals surface area contributed by atoms with Crippen LogP contribution in [0.25, 0.3) is 0 Å². The molecule has 0 bridgehead atoms. The van der Waals surface area contributed by atoms with Crippen LogP contribution in [0, 0.1) is 0 Å². The van der Waals surface area contributed by atoms with Gasteiger partial charge in [-0.25, -0.2) is 19.4 Å². The molecule has 3 rings (SSSR count). The summed E-state index contributed by atoms with van der Waals surface area (Å²) in [4.78, 5) is 53.5. The third-order valence-corrected chi connectivity index (χ3v) is 5.23. The summed E-state index contributed by atoms with van der Waals surface area (Å²) in [6.45, 7) is 6.28. The quantitative estimate of drug-likeness (QED) is 0.664. The molecule has 0 radical (unpaired) electrons. The Hall–Kier alpha value is -2.62. The van der Waals surface area contributed by atoms with Gasteiger partial charge in [0.1, 0.15) is 24.4 Å². The number of urea groups is 2. The molecular weight excluding hydrogens is 430 g/mol. The number of anilines is 1. The van der Waals surface area contributed by atoms with E-state index in [-0.39, 0.29) is 25.2 Å². The van der Waals surface area contributed by atoms with Gasteiger partial charge in [-0.05, 0) is 52.0 Å². The number of halogens is 1. The van der Waals surface area contributed by atoms with E-state index in [4.69, 9.17) is 0 Å². The lowest BCUT2D eigenvalue weighted by Gasteiger charge is -2.31.